The molecule has 19 heavy (non-hydrogen) atoms. The predicted octanol–water partition coefficient (Wildman–Crippen LogP) is 5.13. The van der Waals surface area contributed by atoms with Gasteiger partial charge >= 0.3 is 0 Å². The summed E-state index contributed by atoms with van der Waals surface area (Å²) in [7, 11) is 0. The van der Waals surface area contributed by atoms with Crippen LogP contribution in [-0.4, -0.2) is 0 Å². The maximum atomic E-state index is 4.00. The summed E-state index contributed by atoms with van der Waals surface area (Å²) in [4.78, 5) is 0. The van der Waals surface area contributed by atoms with Crippen LogP contribution in [0, 0.1) is 0 Å². The van der Waals surface area contributed by atoms with Crippen molar-refractivity contribution in [1.82, 2.24) is 0 Å². The summed E-state index contributed by atoms with van der Waals surface area (Å²) < 4.78 is 0. The molecule has 0 heterocycles. The standard InChI is InChI=1S/C19H22/c1-4-15-7-11-17(12-8-15)19(6-3)18-13-9-16(5-2)10-14-18/h6-14,19H,3-5H2,1-2H3. The van der Waals surface area contributed by atoms with E-state index in [1.54, 1.807) is 0 Å². The van der Waals surface area contributed by atoms with Crippen LogP contribution < -0.4 is 0 Å². The first-order valence-electron chi connectivity index (χ1n) is 7.08. The fraction of sp³-hybridized carbons (Fsp3) is 0.263. The van der Waals surface area contributed by atoms with Gasteiger partial charge in [0, 0.05) is 5.92 Å². The fourth-order valence-electron chi connectivity index (χ4n) is 2.39. The quantitative estimate of drug-likeness (QED) is 0.645. The van der Waals surface area contributed by atoms with Crippen LogP contribution in [0.1, 0.15) is 42.0 Å². The molecule has 0 aliphatic heterocycles. The lowest BCUT2D eigenvalue weighted by Gasteiger charge is -2.14. The van der Waals surface area contributed by atoms with Crippen LogP contribution in [-0.2, 0) is 12.8 Å². The molecule has 2 rings (SSSR count). The third-order valence-corrected chi connectivity index (χ3v) is 3.73. The molecule has 0 nitrogen and oxygen atoms in total. The molecule has 0 saturated carbocycles. The van der Waals surface area contributed by atoms with Crippen LogP contribution in [0.4, 0.5) is 0 Å². The Morgan fingerprint density at radius 2 is 1.16 bits per heavy atom. The van der Waals surface area contributed by atoms with E-state index in [9.17, 15) is 0 Å². The van der Waals surface area contributed by atoms with E-state index < -0.39 is 0 Å². The Hall–Kier alpha value is -1.82. The summed E-state index contributed by atoms with van der Waals surface area (Å²) in [6.45, 7) is 8.37. The second-order valence-corrected chi connectivity index (χ2v) is 4.90. The summed E-state index contributed by atoms with van der Waals surface area (Å²) in [6, 6.07) is 17.7. The summed E-state index contributed by atoms with van der Waals surface area (Å²) in [6.07, 6.45) is 4.20. The highest BCUT2D eigenvalue weighted by Crippen LogP contribution is 2.26. The predicted molar refractivity (Wildman–Crippen MR) is 83.7 cm³/mol. The number of hydrogen-bond donors (Lipinski definition) is 0. The highest BCUT2D eigenvalue weighted by molar-refractivity contribution is 5.38. The van der Waals surface area contributed by atoms with Gasteiger partial charge in [0.05, 0.1) is 0 Å². The van der Waals surface area contributed by atoms with Gasteiger partial charge in [0.1, 0.15) is 0 Å². The lowest BCUT2D eigenvalue weighted by Crippen LogP contribution is -1.98. The minimum Gasteiger partial charge on any atom is -0.102 e. The van der Waals surface area contributed by atoms with Crippen molar-refractivity contribution in [3.63, 3.8) is 0 Å². The van der Waals surface area contributed by atoms with Crippen molar-refractivity contribution in [3.8, 4) is 0 Å². The first-order chi connectivity index (χ1) is 9.28. The zero-order valence-corrected chi connectivity index (χ0v) is 11.9. The zero-order valence-electron chi connectivity index (χ0n) is 11.9. The third kappa shape index (κ3) is 3.14. The van der Waals surface area contributed by atoms with E-state index in [0.29, 0.717) is 0 Å². The Labute approximate surface area is 116 Å². The second kappa shape index (κ2) is 6.38. The normalized spacial score (nSPS) is 10.7. The Morgan fingerprint density at radius 1 is 0.789 bits per heavy atom. The van der Waals surface area contributed by atoms with Gasteiger partial charge in [0.15, 0.2) is 0 Å². The molecule has 0 atom stereocenters. The molecule has 0 aromatic heterocycles. The van der Waals surface area contributed by atoms with Gasteiger partial charge in [0.2, 0.25) is 0 Å². The summed E-state index contributed by atoms with van der Waals surface area (Å²) in [5.41, 5.74) is 5.40. The molecule has 0 aliphatic rings. The van der Waals surface area contributed by atoms with Crippen LogP contribution in [0.25, 0.3) is 0 Å². The molecule has 0 N–H and O–H groups in total. The number of allylic oxidation sites excluding steroid dienone is 1. The molecule has 0 radical (unpaired) electrons. The highest BCUT2D eigenvalue weighted by atomic mass is 14.1. The Balaban J connectivity index is 2.29. The molecule has 98 valence electrons. The summed E-state index contributed by atoms with van der Waals surface area (Å²) >= 11 is 0. The van der Waals surface area contributed by atoms with Gasteiger partial charge < -0.3 is 0 Å². The molecule has 2 aromatic rings. The van der Waals surface area contributed by atoms with E-state index in [1.165, 1.54) is 22.3 Å². The maximum absolute atomic E-state index is 4.00. The van der Waals surface area contributed by atoms with Gasteiger partial charge in [-0.25, -0.2) is 0 Å². The Kier molecular flexibility index (Phi) is 4.57. The van der Waals surface area contributed by atoms with Crippen molar-refractivity contribution in [2.45, 2.75) is 32.6 Å². The van der Waals surface area contributed by atoms with Crippen LogP contribution >= 0.6 is 0 Å². The number of aryl methyl sites for hydroxylation is 2. The molecule has 2 aromatic carbocycles. The molecule has 0 bridgehead atoms. The molecular formula is C19H22. The van der Waals surface area contributed by atoms with Crippen molar-refractivity contribution < 1.29 is 0 Å². The average Bonchev–Trinajstić information content (AvgIpc) is 2.49. The Bertz CT molecular complexity index is 469. The first kappa shape index (κ1) is 13.6. The zero-order chi connectivity index (χ0) is 13.7. The van der Waals surface area contributed by atoms with Gasteiger partial charge in [0.25, 0.3) is 0 Å². The SMILES string of the molecule is C=CC(c1ccc(CC)cc1)c1ccc(CC)cc1. The minimum absolute atomic E-state index is 0.289. The van der Waals surface area contributed by atoms with E-state index in [0.717, 1.165) is 12.8 Å². The maximum Gasteiger partial charge on any atom is 0.0266 e. The molecule has 0 unspecified atom stereocenters. The van der Waals surface area contributed by atoms with Crippen molar-refractivity contribution >= 4 is 0 Å². The van der Waals surface area contributed by atoms with E-state index in [1.807, 2.05) is 6.08 Å². The van der Waals surface area contributed by atoms with Crippen LogP contribution in [0.3, 0.4) is 0 Å². The monoisotopic (exact) mass is 250 g/mol. The van der Waals surface area contributed by atoms with Gasteiger partial charge in [-0.3, -0.25) is 0 Å². The van der Waals surface area contributed by atoms with Gasteiger partial charge in [-0.2, -0.15) is 0 Å². The largest absolute Gasteiger partial charge is 0.102 e. The molecule has 0 spiro atoms. The lowest BCUT2D eigenvalue weighted by molar-refractivity contribution is 1.01. The van der Waals surface area contributed by atoms with Crippen molar-refractivity contribution in [2.75, 3.05) is 0 Å². The Morgan fingerprint density at radius 3 is 1.42 bits per heavy atom. The summed E-state index contributed by atoms with van der Waals surface area (Å²) in [5, 5.41) is 0. The molecule has 0 heteroatoms. The lowest BCUT2D eigenvalue weighted by atomic mass is 9.90. The van der Waals surface area contributed by atoms with E-state index in [-0.39, 0.29) is 5.92 Å². The average molecular weight is 250 g/mol. The van der Waals surface area contributed by atoms with Crippen molar-refractivity contribution in [2.24, 2.45) is 0 Å². The molecular weight excluding hydrogens is 228 g/mol. The third-order valence-electron chi connectivity index (χ3n) is 3.73. The van der Waals surface area contributed by atoms with E-state index in [4.69, 9.17) is 0 Å². The van der Waals surface area contributed by atoms with Gasteiger partial charge in [-0.05, 0) is 35.1 Å². The molecule has 0 fully saturated rings. The topological polar surface area (TPSA) is 0 Å². The fourth-order valence-corrected chi connectivity index (χ4v) is 2.39. The van der Waals surface area contributed by atoms with Gasteiger partial charge in [-0.15, -0.1) is 6.58 Å². The number of rotatable bonds is 5. The highest BCUT2D eigenvalue weighted by Gasteiger charge is 2.09. The van der Waals surface area contributed by atoms with Crippen molar-refractivity contribution in [1.29, 1.82) is 0 Å². The smallest absolute Gasteiger partial charge is 0.0266 e. The number of hydrogen-bond acceptors (Lipinski definition) is 0. The van der Waals surface area contributed by atoms with E-state index in [2.05, 4.69) is 69.0 Å². The first-order valence-corrected chi connectivity index (χ1v) is 7.08. The van der Waals surface area contributed by atoms with Crippen LogP contribution in [0.5, 0.6) is 0 Å². The van der Waals surface area contributed by atoms with Crippen LogP contribution in [0.2, 0.25) is 0 Å². The minimum atomic E-state index is 0.289. The summed E-state index contributed by atoms with van der Waals surface area (Å²) in [5.74, 6) is 0.289. The van der Waals surface area contributed by atoms with Gasteiger partial charge in [-0.1, -0.05) is 68.5 Å². The van der Waals surface area contributed by atoms with Crippen LogP contribution in [0.15, 0.2) is 61.2 Å². The molecule has 0 saturated heterocycles. The van der Waals surface area contributed by atoms with E-state index >= 15 is 0 Å². The molecule has 0 amide bonds. The molecule has 0 aliphatic carbocycles. The van der Waals surface area contributed by atoms with Crippen molar-refractivity contribution in [3.05, 3.63) is 83.4 Å². The number of benzene rings is 2. The second-order valence-electron chi connectivity index (χ2n) is 4.90.